The molecule has 0 radical (unpaired) electrons. The predicted octanol–water partition coefficient (Wildman–Crippen LogP) is 2.73. The molecule has 0 spiro atoms. The van der Waals surface area contributed by atoms with Gasteiger partial charge in [0.2, 0.25) is 0 Å². The zero-order chi connectivity index (χ0) is 14.1. The fourth-order valence-electron chi connectivity index (χ4n) is 4.05. The van der Waals surface area contributed by atoms with Crippen LogP contribution in [0, 0.1) is 5.92 Å². The molecular formula is C16H28N4. The summed E-state index contributed by atoms with van der Waals surface area (Å²) in [6, 6.07) is 1.42. The maximum absolute atomic E-state index is 6.40. The zero-order valence-corrected chi connectivity index (χ0v) is 12.8. The van der Waals surface area contributed by atoms with Crippen molar-refractivity contribution in [2.75, 3.05) is 13.1 Å². The topological polar surface area (TPSA) is 47.1 Å². The lowest BCUT2D eigenvalue weighted by Crippen LogP contribution is -2.38. The highest BCUT2D eigenvalue weighted by Gasteiger charge is 2.37. The number of aromatic nitrogens is 2. The minimum atomic E-state index is 0.121. The molecule has 3 rings (SSSR count). The van der Waals surface area contributed by atoms with Crippen LogP contribution in [0.15, 0.2) is 12.5 Å². The van der Waals surface area contributed by atoms with Crippen molar-refractivity contribution in [3.8, 4) is 0 Å². The van der Waals surface area contributed by atoms with Crippen molar-refractivity contribution in [3.63, 3.8) is 0 Å². The summed E-state index contributed by atoms with van der Waals surface area (Å²) >= 11 is 0. The molecule has 0 amide bonds. The molecule has 2 aliphatic heterocycles. The summed E-state index contributed by atoms with van der Waals surface area (Å²) in [6.07, 6.45) is 10.4. The Hall–Kier alpha value is -0.870. The minimum Gasteiger partial charge on any atom is -0.328 e. The molecule has 2 aliphatic rings. The van der Waals surface area contributed by atoms with Gasteiger partial charge in [-0.05, 0) is 38.1 Å². The van der Waals surface area contributed by atoms with Crippen molar-refractivity contribution in [1.29, 1.82) is 0 Å². The molecule has 2 saturated heterocycles. The number of rotatable bonds is 4. The fourth-order valence-corrected chi connectivity index (χ4v) is 4.05. The van der Waals surface area contributed by atoms with Gasteiger partial charge in [0, 0.05) is 24.8 Å². The van der Waals surface area contributed by atoms with Crippen LogP contribution in [0.2, 0.25) is 0 Å². The molecule has 3 atom stereocenters. The summed E-state index contributed by atoms with van der Waals surface area (Å²) in [7, 11) is 0. The predicted molar refractivity (Wildman–Crippen MR) is 81.5 cm³/mol. The summed E-state index contributed by atoms with van der Waals surface area (Å²) in [6.45, 7) is 6.99. The number of hydrogen-bond donors (Lipinski definition) is 1. The van der Waals surface area contributed by atoms with Gasteiger partial charge in [0.25, 0.3) is 0 Å². The van der Waals surface area contributed by atoms with Gasteiger partial charge in [-0.2, -0.15) is 0 Å². The molecule has 2 fully saturated rings. The van der Waals surface area contributed by atoms with Crippen LogP contribution < -0.4 is 5.73 Å². The van der Waals surface area contributed by atoms with Gasteiger partial charge >= 0.3 is 0 Å². The highest BCUT2D eigenvalue weighted by Crippen LogP contribution is 2.36. The van der Waals surface area contributed by atoms with Crippen molar-refractivity contribution in [1.82, 2.24) is 14.5 Å². The third-order valence-electron chi connectivity index (χ3n) is 4.98. The third kappa shape index (κ3) is 2.63. The van der Waals surface area contributed by atoms with Crippen molar-refractivity contribution >= 4 is 0 Å². The van der Waals surface area contributed by atoms with Gasteiger partial charge in [-0.25, -0.2) is 4.98 Å². The van der Waals surface area contributed by atoms with Crippen molar-refractivity contribution in [2.45, 2.75) is 64.1 Å². The highest BCUT2D eigenvalue weighted by molar-refractivity contribution is 5.09. The Labute approximate surface area is 122 Å². The first-order valence-electron chi connectivity index (χ1n) is 8.18. The van der Waals surface area contributed by atoms with E-state index >= 15 is 0 Å². The second kappa shape index (κ2) is 5.86. The lowest BCUT2D eigenvalue weighted by molar-refractivity contribution is 0.172. The van der Waals surface area contributed by atoms with Crippen LogP contribution in [0.25, 0.3) is 0 Å². The van der Waals surface area contributed by atoms with Gasteiger partial charge in [-0.1, -0.05) is 20.3 Å². The van der Waals surface area contributed by atoms with Crippen molar-refractivity contribution in [3.05, 3.63) is 18.2 Å². The Kier molecular flexibility index (Phi) is 4.13. The van der Waals surface area contributed by atoms with E-state index in [1.54, 1.807) is 0 Å². The van der Waals surface area contributed by atoms with Crippen LogP contribution >= 0.6 is 0 Å². The van der Waals surface area contributed by atoms with Crippen LogP contribution in [-0.4, -0.2) is 33.6 Å². The first-order chi connectivity index (χ1) is 9.66. The second-order valence-corrected chi connectivity index (χ2v) is 6.92. The lowest BCUT2D eigenvalue weighted by atomic mass is 9.97. The minimum absolute atomic E-state index is 0.121. The molecule has 2 N–H and O–H groups in total. The highest BCUT2D eigenvalue weighted by atomic mass is 15.3. The normalized spacial score (nSPS) is 28.8. The SMILES string of the molecule is CC(C)CC(N)c1cncn1C1CCN2CCCCC12. The Morgan fingerprint density at radius 3 is 2.90 bits per heavy atom. The average molecular weight is 276 g/mol. The Balaban J connectivity index is 1.79. The lowest BCUT2D eigenvalue weighted by Gasteiger charge is -2.33. The van der Waals surface area contributed by atoms with Gasteiger partial charge in [-0.3, -0.25) is 4.90 Å². The van der Waals surface area contributed by atoms with Crippen LogP contribution in [0.1, 0.15) is 63.7 Å². The Morgan fingerprint density at radius 2 is 2.10 bits per heavy atom. The van der Waals surface area contributed by atoms with E-state index in [0.717, 1.165) is 6.42 Å². The molecule has 1 aromatic rings. The van der Waals surface area contributed by atoms with E-state index < -0.39 is 0 Å². The number of piperidine rings is 1. The summed E-state index contributed by atoms with van der Waals surface area (Å²) in [5.41, 5.74) is 7.63. The van der Waals surface area contributed by atoms with E-state index in [-0.39, 0.29) is 6.04 Å². The first-order valence-corrected chi connectivity index (χ1v) is 8.18. The molecule has 3 unspecified atom stereocenters. The van der Waals surface area contributed by atoms with E-state index in [0.29, 0.717) is 18.0 Å². The Bertz CT molecular complexity index is 439. The smallest absolute Gasteiger partial charge is 0.0951 e. The van der Waals surface area contributed by atoms with Crippen LogP contribution in [0.5, 0.6) is 0 Å². The molecule has 20 heavy (non-hydrogen) atoms. The molecule has 0 aliphatic carbocycles. The quantitative estimate of drug-likeness (QED) is 0.920. The summed E-state index contributed by atoms with van der Waals surface area (Å²) in [4.78, 5) is 7.07. The second-order valence-electron chi connectivity index (χ2n) is 6.92. The van der Waals surface area contributed by atoms with Crippen molar-refractivity contribution in [2.24, 2.45) is 11.7 Å². The largest absolute Gasteiger partial charge is 0.328 e. The molecule has 4 nitrogen and oxygen atoms in total. The Morgan fingerprint density at radius 1 is 1.25 bits per heavy atom. The van der Waals surface area contributed by atoms with E-state index in [9.17, 15) is 0 Å². The summed E-state index contributed by atoms with van der Waals surface area (Å²) < 4.78 is 2.39. The average Bonchev–Trinajstić information content (AvgIpc) is 3.03. The molecule has 1 aromatic heterocycles. The van der Waals surface area contributed by atoms with Crippen molar-refractivity contribution < 1.29 is 0 Å². The molecular weight excluding hydrogens is 248 g/mol. The maximum atomic E-state index is 6.40. The molecule has 3 heterocycles. The number of nitrogens with two attached hydrogens (primary N) is 1. The third-order valence-corrected chi connectivity index (χ3v) is 4.98. The van der Waals surface area contributed by atoms with E-state index in [4.69, 9.17) is 5.73 Å². The first kappa shape index (κ1) is 14.1. The van der Waals surface area contributed by atoms with E-state index in [1.807, 2.05) is 12.5 Å². The molecule has 0 aromatic carbocycles. The molecule has 0 saturated carbocycles. The number of imidazole rings is 1. The molecule has 0 bridgehead atoms. The summed E-state index contributed by atoms with van der Waals surface area (Å²) in [5, 5.41) is 0. The number of fused-ring (bicyclic) bond motifs is 1. The van der Waals surface area contributed by atoms with Gasteiger partial charge in [0.1, 0.15) is 0 Å². The van der Waals surface area contributed by atoms with Gasteiger partial charge in [-0.15, -0.1) is 0 Å². The maximum Gasteiger partial charge on any atom is 0.0951 e. The fraction of sp³-hybridized carbons (Fsp3) is 0.812. The molecule has 112 valence electrons. The van der Waals surface area contributed by atoms with Gasteiger partial charge in [0.15, 0.2) is 0 Å². The number of nitrogens with zero attached hydrogens (tertiary/aromatic N) is 3. The van der Waals surface area contributed by atoms with E-state index in [1.165, 1.54) is 44.5 Å². The van der Waals surface area contributed by atoms with Crippen LogP contribution in [0.4, 0.5) is 0 Å². The standard InChI is InChI=1S/C16H28N4/c1-12(2)9-13(17)16-10-18-11-20(16)15-6-8-19-7-4-3-5-14(15)19/h10-15H,3-9,17H2,1-2H3. The molecule has 4 heteroatoms. The number of hydrogen-bond acceptors (Lipinski definition) is 3. The zero-order valence-electron chi connectivity index (χ0n) is 12.8. The monoisotopic (exact) mass is 276 g/mol. The van der Waals surface area contributed by atoms with E-state index in [2.05, 4.69) is 28.3 Å². The van der Waals surface area contributed by atoms with Crippen LogP contribution in [0.3, 0.4) is 0 Å². The summed E-state index contributed by atoms with van der Waals surface area (Å²) in [5.74, 6) is 0.628. The van der Waals surface area contributed by atoms with Gasteiger partial charge < -0.3 is 10.3 Å². The van der Waals surface area contributed by atoms with Crippen LogP contribution in [-0.2, 0) is 0 Å². The van der Waals surface area contributed by atoms with Gasteiger partial charge in [0.05, 0.1) is 18.1 Å².